The molecule has 0 radical (unpaired) electrons. The summed E-state index contributed by atoms with van der Waals surface area (Å²) in [6.45, 7) is 0. The number of halogens is 7. The predicted molar refractivity (Wildman–Crippen MR) is 99.9 cm³/mol. The van der Waals surface area contributed by atoms with E-state index in [0.717, 1.165) is 19.2 Å². The van der Waals surface area contributed by atoms with Crippen molar-refractivity contribution in [2.24, 2.45) is 0 Å². The van der Waals surface area contributed by atoms with Gasteiger partial charge in [-0.25, -0.2) is 9.97 Å². The smallest absolute Gasteiger partial charge is 0.422 e. The van der Waals surface area contributed by atoms with Crippen LogP contribution in [0.25, 0.3) is 28.3 Å². The largest absolute Gasteiger partial charge is 0.460 e. The van der Waals surface area contributed by atoms with E-state index in [2.05, 4.69) is 20.2 Å². The van der Waals surface area contributed by atoms with Crippen molar-refractivity contribution in [3.8, 4) is 11.6 Å². The SMILES string of the molecule is FC(F)(F)C(F)(F)C(F)(F)c1cc(C2CCCC2)c2ccc3nc(-c4nnco4)cn3c2n1. The normalized spacial score (nSPS) is 16.3. The van der Waals surface area contributed by atoms with Crippen LogP contribution in [0.1, 0.15) is 42.9 Å². The molecule has 6 nitrogen and oxygen atoms in total. The molecule has 0 aliphatic heterocycles. The Kier molecular flexibility index (Phi) is 4.66. The molecule has 5 rings (SSSR count). The Morgan fingerprint density at radius 3 is 2.33 bits per heavy atom. The second kappa shape index (κ2) is 7.12. The fourth-order valence-corrected chi connectivity index (χ4v) is 4.22. The number of alkyl halides is 7. The molecule has 0 spiro atoms. The molecule has 1 saturated carbocycles. The van der Waals surface area contributed by atoms with Crippen molar-refractivity contribution < 1.29 is 35.2 Å². The lowest BCUT2D eigenvalue weighted by Crippen LogP contribution is -2.50. The zero-order chi connectivity index (χ0) is 23.6. The van der Waals surface area contributed by atoms with Crippen LogP contribution < -0.4 is 0 Å². The molecule has 0 atom stereocenters. The molecule has 1 aliphatic carbocycles. The first kappa shape index (κ1) is 21.6. The minimum Gasteiger partial charge on any atom is -0.422 e. The Hall–Kier alpha value is -3.25. The molecule has 0 N–H and O–H groups in total. The lowest BCUT2D eigenvalue weighted by atomic mass is 9.92. The highest BCUT2D eigenvalue weighted by Gasteiger charge is 2.74. The molecule has 13 heteroatoms. The second-order valence-corrected chi connectivity index (χ2v) is 7.89. The summed E-state index contributed by atoms with van der Waals surface area (Å²) in [5.74, 6) is -12.2. The van der Waals surface area contributed by atoms with Crippen molar-refractivity contribution in [3.05, 3.63) is 42.0 Å². The van der Waals surface area contributed by atoms with Gasteiger partial charge in [-0.05, 0) is 42.5 Å². The van der Waals surface area contributed by atoms with Gasteiger partial charge in [0, 0.05) is 11.6 Å². The number of imidazole rings is 1. The van der Waals surface area contributed by atoms with E-state index in [1.807, 2.05) is 0 Å². The van der Waals surface area contributed by atoms with E-state index in [-0.39, 0.29) is 34.4 Å². The summed E-state index contributed by atoms with van der Waals surface area (Å²) >= 11 is 0. The average Bonchev–Trinajstić information content (AvgIpc) is 3.53. The van der Waals surface area contributed by atoms with Crippen LogP contribution in [-0.4, -0.2) is 36.7 Å². The minimum absolute atomic E-state index is 0.00737. The van der Waals surface area contributed by atoms with Crippen LogP contribution in [0.2, 0.25) is 0 Å². The van der Waals surface area contributed by atoms with Gasteiger partial charge < -0.3 is 4.42 Å². The molecule has 174 valence electrons. The maximum atomic E-state index is 14.7. The zero-order valence-corrected chi connectivity index (χ0v) is 16.6. The summed E-state index contributed by atoms with van der Waals surface area (Å²) < 4.78 is 102. The molecule has 0 saturated heterocycles. The number of hydrogen-bond donors (Lipinski definition) is 0. The molecule has 33 heavy (non-hydrogen) atoms. The van der Waals surface area contributed by atoms with Gasteiger partial charge in [0.2, 0.25) is 6.39 Å². The highest BCUT2D eigenvalue weighted by molar-refractivity contribution is 5.83. The van der Waals surface area contributed by atoms with Gasteiger partial charge in [0.15, 0.2) is 0 Å². The highest BCUT2D eigenvalue weighted by Crippen LogP contribution is 2.52. The third kappa shape index (κ3) is 3.23. The van der Waals surface area contributed by atoms with Gasteiger partial charge >= 0.3 is 18.0 Å². The zero-order valence-electron chi connectivity index (χ0n) is 16.6. The van der Waals surface area contributed by atoms with Gasteiger partial charge in [-0.3, -0.25) is 4.40 Å². The summed E-state index contributed by atoms with van der Waals surface area (Å²) in [4.78, 5) is 7.83. The molecule has 4 heterocycles. The average molecular weight is 473 g/mol. The second-order valence-electron chi connectivity index (χ2n) is 7.89. The quantitative estimate of drug-likeness (QED) is 0.346. The first-order valence-corrected chi connectivity index (χ1v) is 9.93. The fourth-order valence-electron chi connectivity index (χ4n) is 4.22. The van der Waals surface area contributed by atoms with Crippen molar-refractivity contribution in [2.75, 3.05) is 0 Å². The Morgan fingerprint density at radius 2 is 1.70 bits per heavy atom. The molecule has 4 aromatic rings. The first-order chi connectivity index (χ1) is 15.5. The fraction of sp³-hybridized carbons (Fsp3) is 0.400. The molecule has 1 aliphatic rings. The summed E-state index contributed by atoms with van der Waals surface area (Å²) in [7, 11) is 0. The summed E-state index contributed by atoms with van der Waals surface area (Å²) in [5, 5.41) is 7.58. The first-order valence-electron chi connectivity index (χ1n) is 9.93. The maximum Gasteiger partial charge on any atom is 0.460 e. The molecular formula is C20H14F7N5O. The van der Waals surface area contributed by atoms with Crippen molar-refractivity contribution in [2.45, 2.75) is 49.6 Å². The number of fused-ring (bicyclic) bond motifs is 3. The topological polar surface area (TPSA) is 69.1 Å². The lowest BCUT2D eigenvalue weighted by Gasteiger charge is -2.28. The van der Waals surface area contributed by atoms with Crippen LogP contribution >= 0.6 is 0 Å². The van der Waals surface area contributed by atoms with Crippen molar-refractivity contribution in [1.29, 1.82) is 0 Å². The molecule has 1 fully saturated rings. The van der Waals surface area contributed by atoms with E-state index in [9.17, 15) is 30.7 Å². The number of rotatable bonds is 4. The maximum absolute atomic E-state index is 14.7. The molecule has 0 unspecified atom stereocenters. The number of aromatic nitrogens is 5. The van der Waals surface area contributed by atoms with Crippen LogP contribution in [0.3, 0.4) is 0 Å². The standard InChI is InChI=1S/C20H14F7N5O/c21-18(22,19(23,24)20(25,26)27)14-7-12(10-3-1-2-4-10)11-5-6-15-29-13(17-31-28-9-33-17)8-32(15)16(11)30-14/h5-10H,1-4H2. The molecule has 0 aromatic carbocycles. The molecule has 0 amide bonds. The van der Waals surface area contributed by atoms with Crippen LogP contribution in [0.4, 0.5) is 30.7 Å². The van der Waals surface area contributed by atoms with Crippen LogP contribution in [0.5, 0.6) is 0 Å². The third-order valence-electron chi connectivity index (χ3n) is 5.88. The lowest BCUT2D eigenvalue weighted by molar-refractivity contribution is -0.360. The van der Waals surface area contributed by atoms with Gasteiger partial charge in [0.1, 0.15) is 22.7 Å². The number of pyridine rings is 2. The number of hydrogen-bond acceptors (Lipinski definition) is 5. The molecule has 0 bridgehead atoms. The van der Waals surface area contributed by atoms with Crippen LogP contribution in [-0.2, 0) is 5.92 Å². The van der Waals surface area contributed by atoms with Crippen LogP contribution in [0.15, 0.2) is 35.2 Å². The van der Waals surface area contributed by atoms with E-state index in [0.29, 0.717) is 24.3 Å². The number of nitrogens with zero attached hydrogens (tertiary/aromatic N) is 5. The summed E-state index contributed by atoms with van der Waals surface area (Å²) in [5.41, 5.74) is -1.28. The van der Waals surface area contributed by atoms with Gasteiger partial charge in [-0.1, -0.05) is 12.8 Å². The third-order valence-corrected chi connectivity index (χ3v) is 5.88. The molecular weight excluding hydrogens is 459 g/mol. The summed E-state index contributed by atoms with van der Waals surface area (Å²) in [6, 6.07) is 3.78. The monoisotopic (exact) mass is 473 g/mol. The van der Waals surface area contributed by atoms with Gasteiger partial charge in [-0.2, -0.15) is 30.7 Å². The van der Waals surface area contributed by atoms with Crippen LogP contribution in [0, 0.1) is 0 Å². The summed E-state index contributed by atoms with van der Waals surface area (Å²) in [6.07, 6.45) is -1.34. The van der Waals surface area contributed by atoms with E-state index in [1.54, 1.807) is 12.1 Å². The van der Waals surface area contributed by atoms with E-state index >= 15 is 0 Å². The highest BCUT2D eigenvalue weighted by atomic mass is 19.4. The predicted octanol–water partition coefficient (Wildman–Crippen LogP) is 5.88. The molecule has 4 aromatic heterocycles. The Balaban J connectivity index is 1.79. The Morgan fingerprint density at radius 1 is 0.970 bits per heavy atom. The van der Waals surface area contributed by atoms with E-state index in [1.165, 1.54) is 10.6 Å². The van der Waals surface area contributed by atoms with Gasteiger partial charge in [-0.15, -0.1) is 10.2 Å². The van der Waals surface area contributed by atoms with Gasteiger partial charge in [0.05, 0.1) is 0 Å². The van der Waals surface area contributed by atoms with E-state index < -0.39 is 23.7 Å². The van der Waals surface area contributed by atoms with Crippen molar-refractivity contribution in [3.63, 3.8) is 0 Å². The minimum atomic E-state index is -6.47. The Labute approximate surface area is 180 Å². The Bertz CT molecular complexity index is 1320. The van der Waals surface area contributed by atoms with Crippen molar-refractivity contribution >= 4 is 16.7 Å². The van der Waals surface area contributed by atoms with E-state index in [4.69, 9.17) is 4.42 Å². The van der Waals surface area contributed by atoms with Gasteiger partial charge in [0.25, 0.3) is 5.89 Å². The van der Waals surface area contributed by atoms with Crippen molar-refractivity contribution in [1.82, 2.24) is 24.6 Å².